The number of ether oxygens (including phenoxy) is 1. The maximum Gasteiger partial charge on any atom is 0.433 e. The number of esters is 1. The van der Waals surface area contributed by atoms with Crippen molar-refractivity contribution in [1.29, 1.82) is 0 Å². The molecule has 0 atom stereocenters. The van der Waals surface area contributed by atoms with Gasteiger partial charge in [-0.2, -0.15) is 18.3 Å². The normalized spacial score (nSPS) is 11.3. The van der Waals surface area contributed by atoms with Gasteiger partial charge >= 0.3 is 12.1 Å². The Labute approximate surface area is 126 Å². The van der Waals surface area contributed by atoms with Crippen molar-refractivity contribution in [2.24, 2.45) is 7.05 Å². The zero-order valence-corrected chi connectivity index (χ0v) is 12.2. The number of thiophene rings is 1. The topological polar surface area (TPSA) is 73.2 Å². The summed E-state index contributed by atoms with van der Waals surface area (Å²) in [4.78, 5) is 23.6. The van der Waals surface area contributed by atoms with Gasteiger partial charge in [0.2, 0.25) is 0 Å². The Kier molecular flexibility index (Phi) is 4.22. The molecule has 0 aliphatic rings. The molecule has 0 bridgehead atoms. The van der Waals surface area contributed by atoms with E-state index in [2.05, 4.69) is 15.2 Å². The summed E-state index contributed by atoms with van der Waals surface area (Å²) >= 11 is 1.04. The summed E-state index contributed by atoms with van der Waals surface area (Å²) in [5.74, 6) is -1.50. The van der Waals surface area contributed by atoms with E-state index in [0.717, 1.165) is 18.4 Å². The molecule has 6 nitrogen and oxygen atoms in total. The molecule has 2 heterocycles. The Morgan fingerprint density at radius 3 is 2.64 bits per heavy atom. The third-order valence-corrected chi connectivity index (χ3v) is 3.58. The summed E-state index contributed by atoms with van der Waals surface area (Å²) in [5.41, 5.74) is -1.30. The Bertz CT molecular complexity index is 721. The van der Waals surface area contributed by atoms with Gasteiger partial charge in [0.05, 0.1) is 12.8 Å². The van der Waals surface area contributed by atoms with Gasteiger partial charge in [-0.1, -0.05) is 0 Å². The number of nitrogens with zero attached hydrogens (tertiary/aromatic N) is 2. The molecule has 2 rings (SSSR count). The highest BCUT2D eigenvalue weighted by Crippen LogP contribution is 2.29. The minimum Gasteiger partial charge on any atom is -0.465 e. The molecule has 2 aromatic rings. The molecule has 1 N–H and O–H groups in total. The standard InChI is InChI=1S/C12H10F3N3O3S/c1-18-8(12(13,14)15)5-7(17-18)10(19)16-6-3-4-22-9(6)11(20)21-2/h3-5H,1-2H3,(H,16,19). The van der Waals surface area contributed by atoms with Crippen LogP contribution in [-0.2, 0) is 18.0 Å². The molecule has 0 aliphatic carbocycles. The number of methoxy groups -OCH3 is 1. The van der Waals surface area contributed by atoms with E-state index in [1.165, 1.54) is 13.2 Å². The van der Waals surface area contributed by atoms with Crippen LogP contribution in [0.3, 0.4) is 0 Å². The van der Waals surface area contributed by atoms with Gasteiger partial charge in [0.15, 0.2) is 5.69 Å². The number of carbonyl (C=O) groups is 2. The van der Waals surface area contributed by atoms with Gasteiger partial charge in [-0.15, -0.1) is 11.3 Å². The van der Waals surface area contributed by atoms with E-state index >= 15 is 0 Å². The van der Waals surface area contributed by atoms with Crippen LogP contribution >= 0.6 is 11.3 Å². The number of rotatable bonds is 3. The van der Waals surface area contributed by atoms with Gasteiger partial charge in [0.1, 0.15) is 10.6 Å². The van der Waals surface area contributed by atoms with E-state index in [1.54, 1.807) is 5.38 Å². The van der Waals surface area contributed by atoms with Crippen LogP contribution in [0.2, 0.25) is 0 Å². The summed E-state index contributed by atoms with van der Waals surface area (Å²) in [6, 6.07) is 2.09. The summed E-state index contributed by atoms with van der Waals surface area (Å²) in [5, 5.41) is 7.41. The van der Waals surface area contributed by atoms with Crippen molar-refractivity contribution >= 4 is 28.9 Å². The van der Waals surface area contributed by atoms with E-state index in [9.17, 15) is 22.8 Å². The molecular formula is C12H10F3N3O3S. The smallest absolute Gasteiger partial charge is 0.433 e. The first kappa shape index (κ1) is 16.0. The summed E-state index contributed by atoms with van der Waals surface area (Å²) in [6.45, 7) is 0. The minimum absolute atomic E-state index is 0.142. The summed E-state index contributed by atoms with van der Waals surface area (Å²) in [6.07, 6.45) is -4.61. The third-order valence-electron chi connectivity index (χ3n) is 2.69. The second-order valence-electron chi connectivity index (χ2n) is 4.15. The highest BCUT2D eigenvalue weighted by atomic mass is 32.1. The van der Waals surface area contributed by atoms with Gasteiger partial charge < -0.3 is 10.1 Å². The van der Waals surface area contributed by atoms with Crippen LogP contribution in [-0.4, -0.2) is 28.8 Å². The lowest BCUT2D eigenvalue weighted by Gasteiger charge is -2.04. The predicted molar refractivity (Wildman–Crippen MR) is 71.8 cm³/mol. The van der Waals surface area contributed by atoms with Crippen LogP contribution < -0.4 is 5.32 Å². The van der Waals surface area contributed by atoms with Crippen molar-refractivity contribution in [3.05, 3.63) is 33.8 Å². The van der Waals surface area contributed by atoms with Crippen molar-refractivity contribution in [1.82, 2.24) is 9.78 Å². The number of alkyl halides is 3. The molecule has 118 valence electrons. The molecule has 0 spiro atoms. The fourth-order valence-corrected chi connectivity index (χ4v) is 2.45. The fourth-order valence-electron chi connectivity index (χ4n) is 1.69. The van der Waals surface area contributed by atoms with Crippen LogP contribution in [0.25, 0.3) is 0 Å². The van der Waals surface area contributed by atoms with Gasteiger partial charge in [-0.05, 0) is 11.4 Å². The molecule has 0 aliphatic heterocycles. The van der Waals surface area contributed by atoms with E-state index < -0.39 is 29.4 Å². The van der Waals surface area contributed by atoms with Gasteiger partial charge in [-0.25, -0.2) is 4.79 Å². The summed E-state index contributed by atoms with van der Waals surface area (Å²) < 4.78 is 43.1. The van der Waals surface area contributed by atoms with Crippen molar-refractivity contribution < 1.29 is 27.5 Å². The van der Waals surface area contributed by atoms with Crippen molar-refractivity contribution in [2.45, 2.75) is 6.18 Å². The Morgan fingerprint density at radius 1 is 1.41 bits per heavy atom. The van der Waals surface area contributed by atoms with Gasteiger partial charge in [-0.3, -0.25) is 9.48 Å². The molecule has 0 aromatic carbocycles. The molecule has 1 amide bonds. The van der Waals surface area contributed by atoms with E-state index in [4.69, 9.17) is 0 Å². The average Bonchev–Trinajstić information content (AvgIpc) is 3.03. The Balaban J connectivity index is 2.24. The zero-order chi connectivity index (χ0) is 16.5. The maximum absolute atomic E-state index is 12.7. The fraction of sp³-hybridized carbons (Fsp3) is 0.250. The quantitative estimate of drug-likeness (QED) is 0.876. The van der Waals surface area contributed by atoms with Crippen molar-refractivity contribution in [3.8, 4) is 0 Å². The van der Waals surface area contributed by atoms with Crippen LogP contribution in [0.5, 0.6) is 0 Å². The van der Waals surface area contributed by atoms with E-state index in [1.807, 2.05) is 0 Å². The molecule has 0 fully saturated rings. The number of aromatic nitrogens is 2. The highest BCUT2D eigenvalue weighted by Gasteiger charge is 2.35. The Morgan fingerprint density at radius 2 is 2.09 bits per heavy atom. The van der Waals surface area contributed by atoms with Crippen molar-refractivity contribution in [3.63, 3.8) is 0 Å². The number of aryl methyl sites for hydroxylation is 1. The lowest BCUT2D eigenvalue weighted by molar-refractivity contribution is -0.143. The second kappa shape index (κ2) is 5.79. The number of carbonyl (C=O) groups excluding carboxylic acids is 2. The van der Waals surface area contributed by atoms with Gasteiger partial charge in [0.25, 0.3) is 5.91 Å². The second-order valence-corrected chi connectivity index (χ2v) is 5.06. The Hall–Kier alpha value is -2.36. The van der Waals surface area contributed by atoms with Crippen LogP contribution in [0, 0.1) is 0 Å². The zero-order valence-electron chi connectivity index (χ0n) is 11.4. The highest BCUT2D eigenvalue weighted by molar-refractivity contribution is 7.12. The van der Waals surface area contributed by atoms with Gasteiger partial charge in [0, 0.05) is 13.1 Å². The van der Waals surface area contributed by atoms with E-state index in [-0.39, 0.29) is 10.6 Å². The van der Waals surface area contributed by atoms with E-state index in [0.29, 0.717) is 10.7 Å². The molecule has 0 saturated carbocycles. The third kappa shape index (κ3) is 3.11. The number of anilines is 1. The monoisotopic (exact) mass is 333 g/mol. The molecule has 0 unspecified atom stereocenters. The molecule has 2 aromatic heterocycles. The lowest BCUT2D eigenvalue weighted by Crippen LogP contribution is -2.14. The van der Waals surface area contributed by atoms with Crippen LogP contribution in [0.4, 0.5) is 18.9 Å². The number of nitrogens with one attached hydrogen (secondary N) is 1. The lowest BCUT2D eigenvalue weighted by atomic mass is 10.3. The van der Waals surface area contributed by atoms with Crippen LogP contribution in [0.1, 0.15) is 25.9 Å². The maximum atomic E-state index is 12.7. The minimum atomic E-state index is -4.61. The van der Waals surface area contributed by atoms with Crippen LogP contribution in [0.15, 0.2) is 17.5 Å². The molecule has 22 heavy (non-hydrogen) atoms. The number of hydrogen-bond donors (Lipinski definition) is 1. The number of hydrogen-bond acceptors (Lipinski definition) is 5. The molecule has 10 heteroatoms. The number of halogens is 3. The summed E-state index contributed by atoms with van der Waals surface area (Å²) in [7, 11) is 2.27. The molecular weight excluding hydrogens is 323 g/mol. The predicted octanol–water partition coefficient (Wildman–Crippen LogP) is 2.54. The first-order chi connectivity index (χ1) is 10.2. The number of amides is 1. The first-order valence-electron chi connectivity index (χ1n) is 5.82. The average molecular weight is 333 g/mol. The molecule has 0 saturated heterocycles. The SMILES string of the molecule is COC(=O)c1sccc1NC(=O)c1cc(C(F)(F)F)n(C)n1. The van der Waals surface area contributed by atoms with Crippen molar-refractivity contribution in [2.75, 3.05) is 12.4 Å². The molecule has 0 radical (unpaired) electrons. The largest absolute Gasteiger partial charge is 0.465 e. The first-order valence-corrected chi connectivity index (χ1v) is 6.70.